The third-order valence-electron chi connectivity index (χ3n) is 4.77. The van der Waals surface area contributed by atoms with Crippen molar-refractivity contribution in [3.8, 4) is 0 Å². The van der Waals surface area contributed by atoms with Gasteiger partial charge in [-0.3, -0.25) is 4.99 Å². The topological polar surface area (TPSA) is 61.4 Å². The summed E-state index contributed by atoms with van der Waals surface area (Å²) < 4.78 is 5.96. The Bertz CT molecular complexity index is 640. The monoisotopic (exact) mass is 342 g/mol. The number of benzene rings is 1. The summed E-state index contributed by atoms with van der Waals surface area (Å²) >= 11 is 0. The van der Waals surface area contributed by atoms with E-state index in [4.69, 9.17) is 4.74 Å². The number of aromatic amines is 1. The fourth-order valence-corrected chi connectivity index (χ4v) is 3.39. The van der Waals surface area contributed by atoms with E-state index in [0.29, 0.717) is 6.10 Å². The predicted molar refractivity (Wildman–Crippen MR) is 104 cm³/mol. The number of hydrogen-bond acceptors (Lipinski definition) is 2. The molecule has 1 aliphatic rings. The number of hydrogen-bond donors (Lipinski definition) is 3. The molecule has 1 saturated carbocycles. The first kappa shape index (κ1) is 17.8. The van der Waals surface area contributed by atoms with E-state index in [1.165, 1.54) is 43.0 Å². The van der Waals surface area contributed by atoms with Gasteiger partial charge in [0.15, 0.2) is 5.96 Å². The number of aliphatic imine (C=N–C) groups is 1. The van der Waals surface area contributed by atoms with Crippen LogP contribution in [0, 0.1) is 0 Å². The summed E-state index contributed by atoms with van der Waals surface area (Å²) in [5, 5.41) is 7.95. The molecular formula is C20H30N4O. The van der Waals surface area contributed by atoms with Crippen molar-refractivity contribution in [1.29, 1.82) is 0 Å². The van der Waals surface area contributed by atoms with Crippen LogP contribution in [0.25, 0.3) is 10.9 Å². The lowest BCUT2D eigenvalue weighted by atomic mass is 9.98. The minimum absolute atomic E-state index is 0.494. The van der Waals surface area contributed by atoms with Crippen molar-refractivity contribution in [2.75, 3.05) is 20.2 Å². The standard InChI is InChI=1S/C20H30N4O/c1-21-20(22-12-7-13-25-18-9-3-2-4-10-18)23-15-17-14-16-8-5-6-11-19(16)24-17/h5-6,8,11,14,18,24H,2-4,7,9-10,12-13,15H2,1H3,(H2,21,22,23). The molecule has 136 valence electrons. The Hall–Kier alpha value is -2.01. The summed E-state index contributed by atoms with van der Waals surface area (Å²) in [7, 11) is 1.80. The quantitative estimate of drug-likeness (QED) is 0.409. The molecule has 25 heavy (non-hydrogen) atoms. The van der Waals surface area contributed by atoms with Crippen LogP contribution in [0.3, 0.4) is 0 Å². The Morgan fingerprint density at radius 1 is 1.20 bits per heavy atom. The maximum absolute atomic E-state index is 5.96. The van der Waals surface area contributed by atoms with Crippen LogP contribution in [0.15, 0.2) is 35.3 Å². The number of para-hydroxylation sites is 1. The van der Waals surface area contributed by atoms with Crippen LogP contribution in [0.5, 0.6) is 0 Å². The van der Waals surface area contributed by atoms with E-state index in [-0.39, 0.29) is 0 Å². The molecular weight excluding hydrogens is 312 g/mol. The molecule has 1 aromatic heterocycles. The number of fused-ring (bicyclic) bond motifs is 1. The second kappa shape index (κ2) is 9.47. The van der Waals surface area contributed by atoms with Gasteiger partial charge in [0.05, 0.1) is 12.6 Å². The van der Waals surface area contributed by atoms with Crippen LogP contribution in [-0.2, 0) is 11.3 Å². The van der Waals surface area contributed by atoms with E-state index in [2.05, 4.69) is 44.9 Å². The van der Waals surface area contributed by atoms with Crippen LogP contribution in [-0.4, -0.2) is 37.2 Å². The molecule has 0 atom stereocenters. The fraction of sp³-hybridized carbons (Fsp3) is 0.550. The first-order valence-electron chi connectivity index (χ1n) is 9.48. The van der Waals surface area contributed by atoms with Crippen LogP contribution < -0.4 is 10.6 Å². The number of nitrogens with one attached hydrogen (secondary N) is 3. The molecule has 0 bridgehead atoms. The molecule has 5 nitrogen and oxygen atoms in total. The van der Waals surface area contributed by atoms with Crippen molar-refractivity contribution in [1.82, 2.24) is 15.6 Å². The highest BCUT2D eigenvalue weighted by Gasteiger charge is 2.12. The van der Waals surface area contributed by atoms with Crippen LogP contribution >= 0.6 is 0 Å². The van der Waals surface area contributed by atoms with Crippen LogP contribution in [0.2, 0.25) is 0 Å². The molecule has 0 saturated heterocycles. The molecule has 0 unspecified atom stereocenters. The minimum Gasteiger partial charge on any atom is -0.378 e. The molecule has 0 spiro atoms. The molecule has 3 N–H and O–H groups in total. The van der Waals surface area contributed by atoms with Crippen molar-refractivity contribution in [2.45, 2.75) is 51.2 Å². The largest absolute Gasteiger partial charge is 0.378 e. The molecule has 0 aliphatic heterocycles. The van der Waals surface area contributed by atoms with Gasteiger partial charge in [0.2, 0.25) is 0 Å². The van der Waals surface area contributed by atoms with Gasteiger partial charge >= 0.3 is 0 Å². The average molecular weight is 342 g/mol. The van der Waals surface area contributed by atoms with E-state index in [1.807, 2.05) is 6.07 Å². The highest BCUT2D eigenvalue weighted by atomic mass is 16.5. The molecule has 1 aliphatic carbocycles. The molecule has 0 amide bonds. The van der Waals surface area contributed by atoms with Gasteiger partial charge in [0.1, 0.15) is 0 Å². The maximum Gasteiger partial charge on any atom is 0.191 e. The number of aromatic nitrogens is 1. The van der Waals surface area contributed by atoms with Gasteiger partial charge in [0, 0.05) is 31.4 Å². The molecule has 5 heteroatoms. The van der Waals surface area contributed by atoms with Crippen LogP contribution in [0.1, 0.15) is 44.2 Å². The first-order valence-corrected chi connectivity index (χ1v) is 9.48. The average Bonchev–Trinajstić information content (AvgIpc) is 3.08. The highest BCUT2D eigenvalue weighted by molar-refractivity contribution is 5.81. The summed E-state index contributed by atoms with van der Waals surface area (Å²) in [5.41, 5.74) is 2.33. The van der Waals surface area contributed by atoms with Gasteiger partial charge in [0.25, 0.3) is 0 Å². The molecule has 0 radical (unpaired) electrons. The van der Waals surface area contributed by atoms with Gasteiger partial charge in [-0.1, -0.05) is 37.5 Å². The van der Waals surface area contributed by atoms with E-state index < -0.39 is 0 Å². The Balaban J connectivity index is 1.33. The number of nitrogens with zero attached hydrogens (tertiary/aromatic N) is 1. The van der Waals surface area contributed by atoms with E-state index in [1.54, 1.807) is 7.05 Å². The smallest absolute Gasteiger partial charge is 0.191 e. The van der Waals surface area contributed by atoms with Crippen molar-refractivity contribution < 1.29 is 4.74 Å². The van der Waals surface area contributed by atoms with E-state index in [0.717, 1.165) is 37.8 Å². The number of ether oxygens (including phenoxy) is 1. The SMILES string of the molecule is CN=C(NCCCOC1CCCCC1)NCc1cc2ccccc2[nH]1. The third kappa shape index (κ3) is 5.49. The number of rotatable bonds is 7. The number of guanidine groups is 1. The van der Waals surface area contributed by atoms with Gasteiger partial charge in [-0.25, -0.2) is 0 Å². The number of H-pyrrole nitrogens is 1. The second-order valence-corrected chi connectivity index (χ2v) is 6.72. The normalized spacial score (nSPS) is 16.3. The summed E-state index contributed by atoms with van der Waals surface area (Å²) in [4.78, 5) is 7.71. The Labute approximate surface area is 150 Å². The van der Waals surface area contributed by atoms with Gasteiger partial charge in [-0.15, -0.1) is 0 Å². The fourth-order valence-electron chi connectivity index (χ4n) is 3.39. The highest BCUT2D eigenvalue weighted by Crippen LogP contribution is 2.20. The lowest BCUT2D eigenvalue weighted by Crippen LogP contribution is -2.37. The predicted octanol–water partition coefficient (Wildman–Crippen LogP) is 3.57. The molecule has 1 heterocycles. The summed E-state index contributed by atoms with van der Waals surface area (Å²) in [6, 6.07) is 10.5. The Kier molecular flexibility index (Phi) is 6.74. The maximum atomic E-state index is 5.96. The zero-order valence-corrected chi connectivity index (χ0v) is 15.2. The van der Waals surface area contributed by atoms with E-state index in [9.17, 15) is 0 Å². The molecule has 1 aromatic carbocycles. The Morgan fingerprint density at radius 3 is 2.84 bits per heavy atom. The lowest BCUT2D eigenvalue weighted by Gasteiger charge is -2.22. The van der Waals surface area contributed by atoms with Crippen molar-refractivity contribution in [3.05, 3.63) is 36.0 Å². The lowest BCUT2D eigenvalue weighted by molar-refractivity contribution is 0.0277. The van der Waals surface area contributed by atoms with Crippen molar-refractivity contribution in [3.63, 3.8) is 0 Å². The van der Waals surface area contributed by atoms with Crippen LogP contribution in [0.4, 0.5) is 0 Å². The van der Waals surface area contributed by atoms with Crippen molar-refractivity contribution >= 4 is 16.9 Å². The summed E-state index contributed by atoms with van der Waals surface area (Å²) in [5.74, 6) is 0.830. The van der Waals surface area contributed by atoms with Gasteiger partial charge in [-0.2, -0.15) is 0 Å². The van der Waals surface area contributed by atoms with E-state index >= 15 is 0 Å². The molecule has 2 aromatic rings. The zero-order chi connectivity index (χ0) is 17.3. The molecule has 3 rings (SSSR count). The Morgan fingerprint density at radius 2 is 2.04 bits per heavy atom. The summed E-state index contributed by atoms with van der Waals surface area (Å²) in [6.45, 7) is 2.43. The third-order valence-corrected chi connectivity index (χ3v) is 4.77. The van der Waals surface area contributed by atoms with Crippen molar-refractivity contribution in [2.24, 2.45) is 4.99 Å². The van der Waals surface area contributed by atoms with Gasteiger partial charge < -0.3 is 20.4 Å². The zero-order valence-electron chi connectivity index (χ0n) is 15.2. The molecule has 1 fully saturated rings. The summed E-state index contributed by atoms with van der Waals surface area (Å²) in [6.07, 6.45) is 8.00. The minimum atomic E-state index is 0.494. The van der Waals surface area contributed by atoms with Gasteiger partial charge in [-0.05, 0) is 36.8 Å². The first-order chi connectivity index (χ1) is 12.3. The second-order valence-electron chi connectivity index (χ2n) is 6.72.